The fraction of sp³-hybridized carbons (Fsp3) is 0.212. The molecule has 2 unspecified atom stereocenters. The molecule has 0 spiro atoms. The number of thioether (sulfide) groups is 2. The van der Waals surface area contributed by atoms with E-state index >= 15 is 0 Å². The lowest BCUT2D eigenvalue weighted by Gasteiger charge is -2.17. The Morgan fingerprint density at radius 1 is 0.459 bits per heavy atom. The van der Waals surface area contributed by atoms with Crippen LogP contribution in [0.4, 0.5) is 0 Å². The van der Waals surface area contributed by atoms with Gasteiger partial charge in [0.05, 0.1) is 10.5 Å². The van der Waals surface area contributed by atoms with Crippen molar-refractivity contribution >= 4 is 35.1 Å². The van der Waals surface area contributed by atoms with Crippen molar-refractivity contribution in [3.05, 3.63) is 144 Å². The lowest BCUT2D eigenvalue weighted by Crippen LogP contribution is -2.11. The summed E-state index contributed by atoms with van der Waals surface area (Å²) in [5.74, 6) is 2.18. The molecule has 0 aliphatic rings. The van der Waals surface area contributed by atoms with Crippen molar-refractivity contribution in [2.24, 2.45) is 0 Å². The maximum Gasteiger partial charge on any atom is 0.180 e. The van der Waals surface area contributed by atoms with Crippen molar-refractivity contribution in [1.82, 2.24) is 0 Å². The molecular weight excluding hydrogens is 492 g/mol. The summed E-state index contributed by atoms with van der Waals surface area (Å²) in [5, 5.41) is -0.382. The van der Waals surface area contributed by atoms with Gasteiger partial charge in [-0.05, 0) is 35.5 Å². The maximum atomic E-state index is 13.2. The van der Waals surface area contributed by atoms with Crippen molar-refractivity contribution in [3.63, 3.8) is 0 Å². The smallest absolute Gasteiger partial charge is 0.180 e. The molecule has 4 aromatic rings. The van der Waals surface area contributed by atoms with Gasteiger partial charge >= 0.3 is 0 Å². The third-order valence-electron chi connectivity index (χ3n) is 6.16. The van der Waals surface area contributed by atoms with Gasteiger partial charge in [-0.1, -0.05) is 128 Å². The van der Waals surface area contributed by atoms with Crippen LogP contribution in [0.5, 0.6) is 0 Å². The minimum Gasteiger partial charge on any atom is -0.293 e. The first kappa shape index (κ1) is 27.0. The number of ketones is 2. The Kier molecular flexibility index (Phi) is 10.6. The Hall–Kier alpha value is -3.08. The lowest BCUT2D eigenvalue weighted by molar-refractivity contribution is 0.0981. The first-order chi connectivity index (χ1) is 18.2. The van der Waals surface area contributed by atoms with Crippen LogP contribution in [0.2, 0.25) is 0 Å². The molecule has 188 valence electrons. The highest BCUT2D eigenvalue weighted by atomic mass is 32.2. The molecule has 0 N–H and O–H groups in total. The second-order valence-corrected chi connectivity index (χ2v) is 11.3. The van der Waals surface area contributed by atoms with Gasteiger partial charge < -0.3 is 0 Å². The molecule has 0 fully saturated rings. The number of hydrogen-bond acceptors (Lipinski definition) is 4. The summed E-state index contributed by atoms with van der Waals surface area (Å²) in [6, 6.07) is 39.3. The van der Waals surface area contributed by atoms with E-state index in [1.54, 1.807) is 23.5 Å². The van der Waals surface area contributed by atoms with Gasteiger partial charge in [-0.3, -0.25) is 9.59 Å². The van der Waals surface area contributed by atoms with Gasteiger partial charge in [-0.15, -0.1) is 23.5 Å². The Balaban J connectivity index is 1.28. The largest absolute Gasteiger partial charge is 0.293 e. The van der Waals surface area contributed by atoms with Gasteiger partial charge in [-0.25, -0.2) is 0 Å². The topological polar surface area (TPSA) is 34.1 Å². The average Bonchev–Trinajstić information content (AvgIpc) is 2.97. The van der Waals surface area contributed by atoms with Gasteiger partial charge in [0.15, 0.2) is 11.6 Å². The van der Waals surface area contributed by atoms with E-state index in [1.165, 1.54) is 0 Å². The average molecular weight is 525 g/mol. The molecule has 0 aromatic heterocycles. The van der Waals surface area contributed by atoms with Gasteiger partial charge in [0.25, 0.3) is 0 Å². The molecule has 0 saturated carbocycles. The quantitative estimate of drug-likeness (QED) is 0.122. The molecule has 0 saturated heterocycles. The van der Waals surface area contributed by atoms with Crippen LogP contribution in [0, 0.1) is 0 Å². The van der Waals surface area contributed by atoms with E-state index < -0.39 is 0 Å². The van der Waals surface area contributed by atoms with Crippen molar-refractivity contribution in [2.75, 3.05) is 11.5 Å². The van der Waals surface area contributed by atoms with E-state index in [2.05, 4.69) is 0 Å². The second-order valence-electron chi connectivity index (χ2n) is 8.84. The highest BCUT2D eigenvalue weighted by Crippen LogP contribution is 2.35. The molecule has 0 radical (unpaired) electrons. The van der Waals surface area contributed by atoms with Crippen molar-refractivity contribution in [2.45, 2.75) is 29.8 Å². The number of hydrogen-bond donors (Lipinski definition) is 0. The molecule has 4 aromatic carbocycles. The fourth-order valence-corrected chi connectivity index (χ4v) is 6.68. The number of carbonyl (C=O) groups excluding carboxylic acids is 2. The van der Waals surface area contributed by atoms with Gasteiger partial charge in [-0.2, -0.15) is 0 Å². The summed E-state index contributed by atoms with van der Waals surface area (Å²) in [4.78, 5) is 26.5. The van der Waals surface area contributed by atoms with Crippen LogP contribution >= 0.6 is 23.5 Å². The Morgan fingerprint density at radius 2 is 0.784 bits per heavy atom. The van der Waals surface area contributed by atoms with E-state index in [-0.39, 0.29) is 22.1 Å². The van der Waals surface area contributed by atoms with Crippen molar-refractivity contribution < 1.29 is 9.59 Å². The van der Waals surface area contributed by atoms with Crippen LogP contribution < -0.4 is 0 Å². The molecule has 0 aliphatic heterocycles. The fourth-order valence-electron chi connectivity index (χ4n) is 4.19. The first-order valence-corrected chi connectivity index (χ1v) is 14.9. The number of rotatable bonds is 14. The van der Waals surface area contributed by atoms with Gasteiger partial charge in [0, 0.05) is 11.1 Å². The van der Waals surface area contributed by atoms with Crippen LogP contribution in [0.25, 0.3) is 0 Å². The first-order valence-electron chi connectivity index (χ1n) is 12.8. The number of Topliss-reactive ketones (excluding diaryl/α,β-unsaturated/α-hetero) is 2. The van der Waals surface area contributed by atoms with Crippen LogP contribution in [-0.4, -0.2) is 23.1 Å². The molecular formula is C33H32O2S2. The normalized spacial score (nSPS) is 12.5. The van der Waals surface area contributed by atoms with E-state index in [0.29, 0.717) is 0 Å². The number of carbonyl (C=O) groups is 2. The maximum absolute atomic E-state index is 13.2. The standard InChI is InChI=1S/C33H32O2S2/c34-30(26-16-6-1-7-17-26)32(28-20-10-3-11-21-28)36-24-14-5-15-25-37-33(29-22-12-4-13-23-29)31(35)27-18-8-2-9-19-27/h1-4,6-13,16-23,32-33H,5,14-15,24-25H2. The Bertz CT molecular complexity index is 1130. The SMILES string of the molecule is O=C(c1ccccc1)C(SCCCCCSC(C(=O)c1ccccc1)c1ccccc1)c1ccccc1. The molecule has 0 amide bonds. The molecule has 2 nitrogen and oxygen atoms in total. The predicted molar refractivity (Wildman–Crippen MR) is 159 cm³/mol. The zero-order chi connectivity index (χ0) is 25.7. The summed E-state index contributed by atoms with van der Waals surface area (Å²) < 4.78 is 0. The molecule has 0 aliphatic carbocycles. The van der Waals surface area contributed by atoms with Gasteiger partial charge in [0.2, 0.25) is 0 Å². The summed E-state index contributed by atoms with van der Waals surface area (Å²) in [5.41, 5.74) is 3.63. The lowest BCUT2D eigenvalue weighted by atomic mass is 10.0. The minimum absolute atomic E-state index is 0.164. The predicted octanol–water partition coefficient (Wildman–Crippen LogP) is 8.87. The van der Waals surface area contributed by atoms with Crippen LogP contribution in [0.1, 0.15) is 61.6 Å². The van der Waals surface area contributed by atoms with E-state index in [4.69, 9.17) is 0 Å². The van der Waals surface area contributed by atoms with Crippen LogP contribution in [0.15, 0.2) is 121 Å². The van der Waals surface area contributed by atoms with Crippen LogP contribution in [0.3, 0.4) is 0 Å². The number of benzene rings is 4. The zero-order valence-electron chi connectivity index (χ0n) is 20.9. The third kappa shape index (κ3) is 7.95. The number of unbranched alkanes of at least 4 members (excludes halogenated alkanes) is 2. The van der Waals surface area contributed by atoms with Crippen LogP contribution in [-0.2, 0) is 0 Å². The third-order valence-corrected chi connectivity index (χ3v) is 8.84. The summed E-state index contributed by atoms with van der Waals surface area (Å²) >= 11 is 3.46. The zero-order valence-corrected chi connectivity index (χ0v) is 22.5. The van der Waals surface area contributed by atoms with E-state index in [0.717, 1.165) is 53.0 Å². The highest BCUT2D eigenvalue weighted by molar-refractivity contribution is 8.00. The van der Waals surface area contributed by atoms with Crippen molar-refractivity contribution in [1.29, 1.82) is 0 Å². The van der Waals surface area contributed by atoms with E-state index in [1.807, 2.05) is 121 Å². The molecule has 4 rings (SSSR count). The highest BCUT2D eigenvalue weighted by Gasteiger charge is 2.23. The molecule has 0 bridgehead atoms. The summed E-state index contributed by atoms with van der Waals surface area (Å²) in [7, 11) is 0. The molecule has 37 heavy (non-hydrogen) atoms. The van der Waals surface area contributed by atoms with Gasteiger partial charge in [0.1, 0.15) is 0 Å². The Labute approximate surface area is 228 Å². The van der Waals surface area contributed by atoms with Crippen molar-refractivity contribution in [3.8, 4) is 0 Å². The summed E-state index contributed by atoms with van der Waals surface area (Å²) in [6.07, 6.45) is 3.15. The monoisotopic (exact) mass is 524 g/mol. The minimum atomic E-state index is -0.191. The molecule has 0 heterocycles. The Morgan fingerprint density at radius 3 is 1.14 bits per heavy atom. The second kappa shape index (κ2) is 14.6. The molecule has 4 heteroatoms. The summed E-state index contributed by atoms with van der Waals surface area (Å²) in [6.45, 7) is 0. The molecule has 2 atom stereocenters. The van der Waals surface area contributed by atoms with E-state index in [9.17, 15) is 9.59 Å².